The average molecular weight is 190 g/mol. The Hall–Kier alpha value is -1.53. The number of rotatable bonds is 3. The fraction of sp³-hybridized carbons (Fsp3) is 0.500. The third-order valence-corrected chi connectivity index (χ3v) is 0.787. The predicted octanol–water partition coefficient (Wildman–Crippen LogP) is -0.0934. The molecule has 0 aliphatic carbocycles. The molecule has 7 heteroatoms. The molecule has 0 radical (unpaired) electrons. The lowest BCUT2D eigenvalue weighted by Crippen LogP contribution is -2.32. The minimum Gasteiger partial charge on any atom is -0.462 e. The Labute approximate surface area is 76.8 Å². The van der Waals surface area contributed by atoms with E-state index in [1.807, 2.05) is 0 Å². The highest BCUT2D eigenvalue weighted by atomic mass is 16.8. The van der Waals surface area contributed by atoms with Crippen LogP contribution in [-0.4, -0.2) is 25.2 Å². The summed E-state index contributed by atoms with van der Waals surface area (Å²) in [5, 5.41) is 0. The molecule has 6 nitrogen and oxygen atoms in total. The fourth-order valence-electron chi connectivity index (χ4n) is 0.479. The standard InChI is InChI=1S/C6H9BO6.H2/c1-4(8)11-7(12-5(2)9)13-6(3)10;/h1-3H3;1H. The Morgan fingerprint density at radius 3 is 1.23 bits per heavy atom. The highest BCUT2D eigenvalue weighted by Gasteiger charge is 2.33. The summed E-state index contributed by atoms with van der Waals surface area (Å²) in [6, 6.07) is 0. The van der Waals surface area contributed by atoms with Crippen molar-refractivity contribution in [3.63, 3.8) is 0 Å². The molecule has 0 unspecified atom stereocenters. The first-order chi connectivity index (χ1) is 5.91. The van der Waals surface area contributed by atoms with E-state index in [2.05, 4.69) is 14.0 Å². The van der Waals surface area contributed by atoms with E-state index in [4.69, 9.17) is 0 Å². The summed E-state index contributed by atoms with van der Waals surface area (Å²) in [6.07, 6.45) is 0. The monoisotopic (exact) mass is 190 g/mol. The molecule has 0 aliphatic rings. The van der Waals surface area contributed by atoms with Gasteiger partial charge in [0.25, 0.3) is 17.9 Å². The second kappa shape index (κ2) is 5.18. The zero-order chi connectivity index (χ0) is 10.4. The second-order valence-electron chi connectivity index (χ2n) is 2.12. The highest BCUT2D eigenvalue weighted by Crippen LogP contribution is 1.94. The van der Waals surface area contributed by atoms with Gasteiger partial charge in [-0.05, 0) is 0 Å². The largest absolute Gasteiger partial charge is 0.870 e. The maximum atomic E-state index is 10.4. The van der Waals surface area contributed by atoms with Crippen molar-refractivity contribution in [1.82, 2.24) is 0 Å². The first-order valence-corrected chi connectivity index (χ1v) is 3.43. The van der Waals surface area contributed by atoms with Crippen LogP contribution in [0, 0.1) is 0 Å². The Bertz CT molecular complexity index is 192. The molecule has 0 fully saturated rings. The van der Waals surface area contributed by atoms with Crippen LogP contribution in [0.1, 0.15) is 22.2 Å². The second-order valence-corrected chi connectivity index (χ2v) is 2.12. The molecule has 0 amide bonds. The van der Waals surface area contributed by atoms with E-state index in [0.717, 1.165) is 20.8 Å². The maximum Gasteiger partial charge on any atom is 0.870 e. The highest BCUT2D eigenvalue weighted by molar-refractivity contribution is 6.43. The van der Waals surface area contributed by atoms with Crippen molar-refractivity contribution in [2.45, 2.75) is 20.8 Å². The van der Waals surface area contributed by atoms with Crippen LogP contribution in [0.4, 0.5) is 0 Å². The summed E-state index contributed by atoms with van der Waals surface area (Å²) in [7, 11) is -1.59. The van der Waals surface area contributed by atoms with Crippen molar-refractivity contribution in [3.05, 3.63) is 0 Å². The number of carbonyl (C=O) groups is 3. The summed E-state index contributed by atoms with van der Waals surface area (Å²) in [5.74, 6) is -2.15. The Morgan fingerprint density at radius 1 is 0.846 bits per heavy atom. The van der Waals surface area contributed by atoms with Crippen LogP contribution in [0.15, 0.2) is 0 Å². The summed E-state index contributed by atoms with van der Waals surface area (Å²) < 4.78 is 13.0. The number of carbonyl (C=O) groups excluding carboxylic acids is 3. The maximum absolute atomic E-state index is 10.4. The lowest BCUT2D eigenvalue weighted by atomic mass is 10.2. The van der Waals surface area contributed by atoms with Gasteiger partial charge in [0.2, 0.25) is 0 Å². The lowest BCUT2D eigenvalue weighted by Gasteiger charge is -2.09. The Balaban J connectivity index is 0. The molecule has 0 aliphatic heterocycles. The zero-order valence-electron chi connectivity index (χ0n) is 7.53. The van der Waals surface area contributed by atoms with Gasteiger partial charge in [-0.2, -0.15) is 0 Å². The van der Waals surface area contributed by atoms with Crippen LogP contribution in [0.25, 0.3) is 0 Å². The van der Waals surface area contributed by atoms with Crippen LogP contribution in [0.3, 0.4) is 0 Å². The van der Waals surface area contributed by atoms with Crippen LogP contribution < -0.4 is 0 Å². The van der Waals surface area contributed by atoms with Gasteiger partial charge in [0, 0.05) is 22.2 Å². The fourth-order valence-corrected chi connectivity index (χ4v) is 0.479. The zero-order valence-corrected chi connectivity index (χ0v) is 7.53. The summed E-state index contributed by atoms with van der Waals surface area (Å²) in [5.41, 5.74) is 0. The van der Waals surface area contributed by atoms with Gasteiger partial charge in [0.1, 0.15) is 0 Å². The van der Waals surface area contributed by atoms with Gasteiger partial charge in [-0.25, -0.2) is 0 Å². The minimum atomic E-state index is -1.59. The van der Waals surface area contributed by atoms with Crippen LogP contribution >= 0.6 is 0 Å². The lowest BCUT2D eigenvalue weighted by molar-refractivity contribution is -0.144. The molecule has 0 saturated carbocycles. The van der Waals surface area contributed by atoms with Crippen molar-refractivity contribution in [1.29, 1.82) is 0 Å². The van der Waals surface area contributed by atoms with Gasteiger partial charge in [0.05, 0.1) is 0 Å². The first-order valence-electron chi connectivity index (χ1n) is 3.43. The van der Waals surface area contributed by atoms with Gasteiger partial charge in [-0.15, -0.1) is 0 Å². The molecule has 0 aromatic carbocycles. The van der Waals surface area contributed by atoms with E-state index in [1.54, 1.807) is 0 Å². The van der Waals surface area contributed by atoms with Crippen molar-refractivity contribution in [3.8, 4) is 0 Å². The SMILES string of the molecule is CC(=O)OB(OC(C)=O)OC(C)=O.[HH]. The first kappa shape index (κ1) is 11.5. The average Bonchev–Trinajstić information content (AvgIpc) is 1.80. The summed E-state index contributed by atoms with van der Waals surface area (Å²) >= 11 is 0. The quantitative estimate of drug-likeness (QED) is 0.578. The third kappa shape index (κ3) is 6.86. The molecule has 0 atom stereocenters. The molecule has 0 aromatic heterocycles. The molecule has 0 rings (SSSR count). The van der Waals surface area contributed by atoms with Gasteiger partial charge in [-0.1, -0.05) is 0 Å². The van der Waals surface area contributed by atoms with Crippen molar-refractivity contribution in [2.75, 3.05) is 0 Å². The molecule has 0 heterocycles. The smallest absolute Gasteiger partial charge is 0.462 e. The molecule has 0 N–H and O–H groups in total. The molecule has 0 aromatic rings. The Kier molecular flexibility index (Phi) is 4.57. The van der Waals surface area contributed by atoms with Crippen molar-refractivity contribution < 1.29 is 29.8 Å². The Morgan fingerprint density at radius 2 is 1.08 bits per heavy atom. The topological polar surface area (TPSA) is 78.9 Å². The molecule has 0 bridgehead atoms. The van der Waals surface area contributed by atoms with E-state index in [1.165, 1.54) is 0 Å². The van der Waals surface area contributed by atoms with Crippen LogP contribution in [-0.2, 0) is 28.3 Å². The normalized spacial score (nSPS) is 8.54. The van der Waals surface area contributed by atoms with Gasteiger partial charge in [-0.3, -0.25) is 14.4 Å². The van der Waals surface area contributed by atoms with Crippen molar-refractivity contribution >= 4 is 25.2 Å². The van der Waals surface area contributed by atoms with Gasteiger partial charge in [0.15, 0.2) is 0 Å². The van der Waals surface area contributed by atoms with Gasteiger partial charge < -0.3 is 14.0 Å². The van der Waals surface area contributed by atoms with Crippen LogP contribution in [0.5, 0.6) is 0 Å². The van der Waals surface area contributed by atoms with E-state index in [9.17, 15) is 14.4 Å². The number of hydrogen-bond acceptors (Lipinski definition) is 6. The summed E-state index contributed by atoms with van der Waals surface area (Å²) in [6.45, 7) is 3.29. The van der Waals surface area contributed by atoms with Crippen molar-refractivity contribution in [2.24, 2.45) is 0 Å². The van der Waals surface area contributed by atoms with E-state index < -0.39 is 25.2 Å². The molecule has 0 spiro atoms. The third-order valence-electron chi connectivity index (χ3n) is 0.787. The van der Waals surface area contributed by atoms with Crippen LogP contribution in [0.2, 0.25) is 0 Å². The number of hydrogen-bond donors (Lipinski definition) is 0. The van der Waals surface area contributed by atoms with E-state index >= 15 is 0 Å². The molecule has 0 saturated heterocycles. The molecular formula is C6H11BO6. The predicted molar refractivity (Wildman–Crippen MR) is 43.2 cm³/mol. The van der Waals surface area contributed by atoms with E-state index in [-0.39, 0.29) is 1.43 Å². The molecular weight excluding hydrogens is 179 g/mol. The molecule has 13 heavy (non-hydrogen) atoms. The van der Waals surface area contributed by atoms with Gasteiger partial charge >= 0.3 is 7.32 Å². The molecule has 74 valence electrons. The van der Waals surface area contributed by atoms with E-state index in [0.29, 0.717) is 0 Å². The minimum absolute atomic E-state index is 0. The summed E-state index contributed by atoms with van der Waals surface area (Å²) in [4.78, 5) is 31.2.